The molecule has 0 aliphatic carbocycles. The van der Waals surface area contributed by atoms with Crippen molar-refractivity contribution in [1.82, 2.24) is 14.8 Å². The van der Waals surface area contributed by atoms with E-state index >= 15 is 0 Å². The first-order chi connectivity index (χ1) is 10.2. The number of rotatable bonds is 4. The van der Waals surface area contributed by atoms with Crippen molar-refractivity contribution >= 4 is 5.97 Å². The van der Waals surface area contributed by atoms with Gasteiger partial charge in [0.2, 0.25) is 0 Å². The predicted molar refractivity (Wildman–Crippen MR) is 80.2 cm³/mol. The Hall–Kier alpha value is -2.57. The molecule has 0 spiro atoms. The van der Waals surface area contributed by atoms with E-state index in [-0.39, 0.29) is 17.7 Å². The van der Waals surface area contributed by atoms with Gasteiger partial charge in [-0.05, 0) is 26.8 Å². The van der Waals surface area contributed by atoms with Crippen LogP contribution in [-0.2, 0) is 11.8 Å². The number of aromatic hydroxyl groups is 1. The zero-order chi connectivity index (χ0) is 16.6. The summed E-state index contributed by atoms with van der Waals surface area (Å²) in [6, 6.07) is 1.42. The number of carbonyl (C=O) groups is 1. The molecule has 118 valence electrons. The fourth-order valence-electron chi connectivity index (χ4n) is 2.84. The highest BCUT2D eigenvalue weighted by Gasteiger charge is 2.29. The number of carboxylic acid groups (broad SMARTS) is 1. The molecular formula is C15H19N3O4. The number of carboxylic acids is 1. The highest BCUT2D eigenvalue weighted by atomic mass is 16.4. The third-order valence-electron chi connectivity index (χ3n) is 3.83. The molecule has 0 fully saturated rings. The molecule has 0 aliphatic rings. The lowest BCUT2D eigenvalue weighted by molar-refractivity contribution is -0.137. The minimum absolute atomic E-state index is 0.0622. The number of aryl methyl sites for hydroxylation is 3. The summed E-state index contributed by atoms with van der Waals surface area (Å²) in [6.07, 6.45) is -0.299. The maximum absolute atomic E-state index is 12.3. The zero-order valence-electron chi connectivity index (χ0n) is 13.0. The summed E-state index contributed by atoms with van der Waals surface area (Å²) in [5.41, 5.74) is 2.17. The second-order valence-electron chi connectivity index (χ2n) is 5.44. The molecule has 1 atom stereocenters. The second kappa shape index (κ2) is 5.67. The van der Waals surface area contributed by atoms with E-state index in [1.54, 1.807) is 25.6 Å². The SMILES string of the molecule is Cc1cc(O)c(C(CC(=O)O)c2c(C)nn(C)c2C)c(=O)[nH]1. The molecule has 2 aromatic heterocycles. The largest absolute Gasteiger partial charge is 0.507 e. The van der Waals surface area contributed by atoms with Crippen LogP contribution < -0.4 is 5.56 Å². The molecule has 2 heterocycles. The van der Waals surface area contributed by atoms with E-state index in [0.29, 0.717) is 17.0 Å². The lowest BCUT2D eigenvalue weighted by atomic mass is 9.87. The molecule has 2 rings (SSSR count). The average Bonchev–Trinajstić information content (AvgIpc) is 2.60. The fraction of sp³-hybridized carbons (Fsp3) is 0.400. The molecule has 0 saturated carbocycles. The lowest BCUT2D eigenvalue weighted by Crippen LogP contribution is -2.21. The van der Waals surface area contributed by atoms with Gasteiger partial charge >= 0.3 is 5.97 Å². The maximum Gasteiger partial charge on any atom is 0.304 e. The third-order valence-corrected chi connectivity index (χ3v) is 3.83. The van der Waals surface area contributed by atoms with Crippen molar-refractivity contribution in [1.29, 1.82) is 0 Å². The van der Waals surface area contributed by atoms with Gasteiger partial charge < -0.3 is 15.2 Å². The highest BCUT2D eigenvalue weighted by Crippen LogP contribution is 2.34. The first-order valence-electron chi connectivity index (χ1n) is 6.87. The normalized spacial score (nSPS) is 12.4. The minimum Gasteiger partial charge on any atom is -0.507 e. The van der Waals surface area contributed by atoms with Crippen LogP contribution >= 0.6 is 0 Å². The number of nitrogens with zero attached hydrogens (tertiary/aromatic N) is 2. The van der Waals surface area contributed by atoms with E-state index in [0.717, 1.165) is 5.69 Å². The van der Waals surface area contributed by atoms with E-state index in [1.165, 1.54) is 6.07 Å². The van der Waals surface area contributed by atoms with Crippen molar-refractivity contribution < 1.29 is 15.0 Å². The third kappa shape index (κ3) is 2.74. The molecule has 1 unspecified atom stereocenters. The summed E-state index contributed by atoms with van der Waals surface area (Å²) in [5, 5.41) is 23.6. The first-order valence-corrected chi connectivity index (χ1v) is 6.87. The number of pyridine rings is 1. The van der Waals surface area contributed by atoms with Crippen molar-refractivity contribution in [2.45, 2.75) is 33.1 Å². The van der Waals surface area contributed by atoms with E-state index < -0.39 is 17.4 Å². The molecule has 0 saturated heterocycles. The predicted octanol–water partition coefficient (Wildman–Crippen LogP) is 1.35. The van der Waals surface area contributed by atoms with Crippen LogP contribution in [0.25, 0.3) is 0 Å². The molecule has 3 N–H and O–H groups in total. The van der Waals surface area contributed by atoms with Gasteiger partial charge in [-0.15, -0.1) is 0 Å². The maximum atomic E-state index is 12.3. The Morgan fingerprint density at radius 1 is 1.36 bits per heavy atom. The van der Waals surface area contributed by atoms with Gasteiger partial charge in [-0.1, -0.05) is 0 Å². The highest BCUT2D eigenvalue weighted by molar-refractivity contribution is 5.69. The first kappa shape index (κ1) is 15.8. The molecular weight excluding hydrogens is 286 g/mol. The second-order valence-corrected chi connectivity index (χ2v) is 5.44. The molecule has 22 heavy (non-hydrogen) atoms. The van der Waals surface area contributed by atoms with Crippen LogP contribution in [0.3, 0.4) is 0 Å². The van der Waals surface area contributed by atoms with Gasteiger partial charge in [0.15, 0.2) is 0 Å². The monoisotopic (exact) mass is 305 g/mol. The van der Waals surface area contributed by atoms with Gasteiger partial charge in [-0.25, -0.2) is 0 Å². The minimum atomic E-state index is -1.05. The van der Waals surface area contributed by atoms with Crippen molar-refractivity contribution in [3.63, 3.8) is 0 Å². The molecule has 0 amide bonds. The number of aromatic amines is 1. The molecule has 0 aromatic carbocycles. The molecule has 7 heteroatoms. The van der Waals surface area contributed by atoms with E-state index in [2.05, 4.69) is 10.1 Å². The lowest BCUT2D eigenvalue weighted by Gasteiger charge is -2.17. The number of nitrogens with one attached hydrogen (secondary N) is 1. The van der Waals surface area contributed by atoms with Crippen molar-refractivity contribution in [2.24, 2.45) is 7.05 Å². The standard InChI is InChI=1S/C15H19N3O4/c1-7-5-11(19)14(15(22)16-7)10(6-12(20)21)13-8(2)17-18(4)9(13)3/h5,10H,6H2,1-4H3,(H,20,21)(H2,16,19,22). The van der Waals surface area contributed by atoms with Crippen LogP contribution in [0, 0.1) is 20.8 Å². The van der Waals surface area contributed by atoms with E-state index in [1.807, 2.05) is 6.92 Å². The molecule has 0 radical (unpaired) electrons. The smallest absolute Gasteiger partial charge is 0.304 e. The topological polar surface area (TPSA) is 108 Å². The fourth-order valence-corrected chi connectivity index (χ4v) is 2.84. The van der Waals surface area contributed by atoms with E-state index in [4.69, 9.17) is 0 Å². The van der Waals surface area contributed by atoms with E-state index in [9.17, 15) is 19.8 Å². The van der Waals surface area contributed by atoms with Crippen LogP contribution in [0.4, 0.5) is 0 Å². The summed E-state index contributed by atoms with van der Waals surface area (Å²) < 4.78 is 1.64. The summed E-state index contributed by atoms with van der Waals surface area (Å²) in [4.78, 5) is 26.1. The number of H-pyrrole nitrogens is 1. The molecule has 2 aromatic rings. The van der Waals surface area contributed by atoms with Gasteiger partial charge in [-0.2, -0.15) is 5.10 Å². The molecule has 0 bridgehead atoms. The zero-order valence-corrected chi connectivity index (χ0v) is 13.0. The Balaban J connectivity index is 2.72. The van der Waals surface area contributed by atoms with Crippen molar-refractivity contribution in [3.05, 3.63) is 44.6 Å². The Kier molecular flexibility index (Phi) is 4.07. The van der Waals surface area contributed by atoms with Crippen molar-refractivity contribution in [2.75, 3.05) is 0 Å². The number of hydrogen-bond donors (Lipinski definition) is 3. The van der Waals surface area contributed by atoms with Crippen LogP contribution in [0.1, 0.15) is 40.5 Å². The van der Waals surface area contributed by atoms with Gasteiger partial charge in [0, 0.05) is 29.9 Å². The van der Waals surface area contributed by atoms with Crippen LogP contribution in [-0.4, -0.2) is 30.9 Å². The average molecular weight is 305 g/mol. The number of aliphatic carboxylic acids is 1. The summed E-state index contributed by atoms with van der Waals surface area (Å²) in [5.74, 6) is -2.00. The molecule has 0 aliphatic heterocycles. The Bertz CT molecular complexity index is 789. The van der Waals surface area contributed by atoms with Gasteiger partial charge in [-0.3, -0.25) is 14.3 Å². The van der Waals surface area contributed by atoms with Gasteiger partial charge in [0.25, 0.3) is 5.56 Å². The van der Waals surface area contributed by atoms with Crippen LogP contribution in [0.15, 0.2) is 10.9 Å². The summed E-state index contributed by atoms with van der Waals surface area (Å²) >= 11 is 0. The van der Waals surface area contributed by atoms with Crippen LogP contribution in [0.2, 0.25) is 0 Å². The summed E-state index contributed by atoms with van der Waals surface area (Å²) in [7, 11) is 1.75. The van der Waals surface area contributed by atoms with Crippen molar-refractivity contribution in [3.8, 4) is 5.75 Å². The Morgan fingerprint density at radius 3 is 2.45 bits per heavy atom. The number of hydrogen-bond acceptors (Lipinski definition) is 4. The quantitative estimate of drug-likeness (QED) is 0.790. The van der Waals surface area contributed by atoms with Gasteiger partial charge in [0.1, 0.15) is 5.75 Å². The van der Waals surface area contributed by atoms with Crippen LogP contribution in [0.5, 0.6) is 5.75 Å². The Labute approximate surface area is 127 Å². The van der Waals surface area contributed by atoms with Gasteiger partial charge in [0.05, 0.1) is 17.7 Å². The molecule has 7 nitrogen and oxygen atoms in total. The summed E-state index contributed by atoms with van der Waals surface area (Å²) in [6.45, 7) is 5.22. The number of aromatic nitrogens is 3. The Morgan fingerprint density at radius 2 is 2.00 bits per heavy atom.